The molecule has 0 fully saturated rings. The quantitative estimate of drug-likeness (QED) is 0.316. The Morgan fingerprint density at radius 1 is 0.974 bits per heavy atom. The maximum atomic E-state index is 13.8. The highest BCUT2D eigenvalue weighted by Crippen LogP contribution is 2.25. The van der Waals surface area contributed by atoms with Gasteiger partial charge >= 0.3 is 0 Å². The van der Waals surface area contributed by atoms with Crippen molar-refractivity contribution in [3.05, 3.63) is 95.3 Å². The summed E-state index contributed by atoms with van der Waals surface area (Å²) in [6.45, 7) is 3.42. The highest BCUT2D eigenvalue weighted by Gasteiger charge is 2.32. The number of nitrogens with one attached hydrogen (secondary N) is 1. The first-order valence-electron chi connectivity index (χ1n) is 12.3. The molecule has 0 heterocycles. The van der Waals surface area contributed by atoms with Crippen molar-refractivity contribution in [1.82, 2.24) is 10.2 Å². The number of carbonyl (C=O) groups is 2. The van der Waals surface area contributed by atoms with Crippen LogP contribution in [0.5, 0.6) is 0 Å². The average molecular weight is 560 g/mol. The van der Waals surface area contributed by atoms with Crippen molar-refractivity contribution in [2.75, 3.05) is 17.4 Å². The summed E-state index contributed by atoms with van der Waals surface area (Å²) in [5, 5.41) is 3.24. The number of amides is 2. The fourth-order valence-electron chi connectivity index (χ4n) is 3.78. The summed E-state index contributed by atoms with van der Waals surface area (Å²) in [4.78, 5) is 28.0. The predicted molar refractivity (Wildman–Crippen MR) is 147 cm³/mol. The maximum Gasteiger partial charge on any atom is 0.264 e. The van der Waals surface area contributed by atoms with Crippen LogP contribution in [0.15, 0.2) is 83.8 Å². The zero-order valence-corrected chi connectivity index (χ0v) is 22.9. The minimum atomic E-state index is -4.20. The Kier molecular flexibility index (Phi) is 10.3. The molecule has 0 radical (unpaired) electrons. The molecule has 0 spiro atoms. The van der Waals surface area contributed by atoms with Gasteiger partial charge in [0, 0.05) is 18.1 Å². The van der Waals surface area contributed by atoms with Crippen LogP contribution in [0.4, 0.5) is 10.1 Å². The summed E-state index contributed by atoms with van der Waals surface area (Å²) in [6.07, 6.45) is 1.67. The highest BCUT2D eigenvalue weighted by atomic mass is 35.5. The van der Waals surface area contributed by atoms with Crippen LogP contribution in [-0.4, -0.2) is 44.3 Å². The third kappa shape index (κ3) is 7.33. The largest absolute Gasteiger partial charge is 0.354 e. The summed E-state index contributed by atoms with van der Waals surface area (Å²) in [7, 11) is -4.20. The molecule has 38 heavy (non-hydrogen) atoms. The lowest BCUT2D eigenvalue weighted by molar-refractivity contribution is -0.139. The van der Waals surface area contributed by atoms with Gasteiger partial charge in [-0.05, 0) is 61.4 Å². The first kappa shape index (κ1) is 29.1. The highest BCUT2D eigenvalue weighted by molar-refractivity contribution is 7.92. The molecule has 0 saturated heterocycles. The van der Waals surface area contributed by atoms with Crippen molar-refractivity contribution in [3.8, 4) is 0 Å². The van der Waals surface area contributed by atoms with E-state index in [0.717, 1.165) is 29.3 Å². The van der Waals surface area contributed by atoms with Crippen LogP contribution in [0.1, 0.15) is 32.3 Å². The summed E-state index contributed by atoms with van der Waals surface area (Å²) in [5.74, 6) is -1.53. The van der Waals surface area contributed by atoms with E-state index in [4.69, 9.17) is 11.6 Å². The molecule has 2 amide bonds. The van der Waals surface area contributed by atoms with Gasteiger partial charge in [0.25, 0.3) is 10.0 Å². The molecular formula is C28H31ClFN3O4S. The van der Waals surface area contributed by atoms with Crippen molar-refractivity contribution < 1.29 is 22.4 Å². The SMILES string of the molecule is CCCCNC(=O)C(C)N(Cc1ccccc1Cl)C(=O)CN(c1ccc(F)cc1)S(=O)(=O)c1ccccc1. The van der Waals surface area contributed by atoms with E-state index in [-0.39, 0.29) is 23.0 Å². The molecule has 1 N–H and O–H groups in total. The number of carbonyl (C=O) groups excluding carboxylic acids is 2. The second kappa shape index (κ2) is 13.4. The predicted octanol–water partition coefficient (Wildman–Crippen LogP) is 5.01. The molecule has 1 unspecified atom stereocenters. The van der Waals surface area contributed by atoms with E-state index in [1.165, 1.54) is 29.2 Å². The standard InChI is InChI=1S/C28H31ClFN3O4S/c1-3-4-18-31-28(35)21(2)32(19-22-10-8-9-13-26(22)29)27(34)20-33(24-16-14-23(30)15-17-24)38(36,37)25-11-6-5-7-12-25/h5-17,21H,3-4,18-20H2,1-2H3,(H,31,35). The number of sulfonamides is 1. The van der Waals surface area contributed by atoms with Crippen LogP contribution in [-0.2, 0) is 26.2 Å². The normalized spacial score (nSPS) is 12.0. The molecule has 0 saturated carbocycles. The van der Waals surface area contributed by atoms with Gasteiger partial charge in [0.2, 0.25) is 11.8 Å². The third-order valence-electron chi connectivity index (χ3n) is 6.02. The maximum absolute atomic E-state index is 13.8. The Balaban J connectivity index is 1.99. The molecule has 1 atom stereocenters. The van der Waals surface area contributed by atoms with Crippen LogP contribution < -0.4 is 9.62 Å². The van der Waals surface area contributed by atoms with E-state index < -0.39 is 34.3 Å². The van der Waals surface area contributed by atoms with Gasteiger partial charge in [-0.25, -0.2) is 12.8 Å². The van der Waals surface area contributed by atoms with Crippen molar-refractivity contribution in [2.24, 2.45) is 0 Å². The molecule has 0 aliphatic heterocycles. The molecule has 3 aromatic rings. The monoisotopic (exact) mass is 559 g/mol. The van der Waals surface area contributed by atoms with Crippen molar-refractivity contribution in [3.63, 3.8) is 0 Å². The van der Waals surface area contributed by atoms with Crippen LogP contribution in [0.3, 0.4) is 0 Å². The number of halogens is 2. The zero-order valence-electron chi connectivity index (χ0n) is 21.3. The van der Waals surface area contributed by atoms with Gasteiger partial charge < -0.3 is 10.2 Å². The van der Waals surface area contributed by atoms with Crippen LogP contribution >= 0.6 is 11.6 Å². The lowest BCUT2D eigenvalue weighted by Gasteiger charge is -2.32. The van der Waals surface area contributed by atoms with E-state index in [0.29, 0.717) is 17.1 Å². The number of nitrogens with zero attached hydrogens (tertiary/aromatic N) is 2. The fourth-order valence-corrected chi connectivity index (χ4v) is 5.42. The molecule has 0 aromatic heterocycles. The summed E-state index contributed by atoms with van der Waals surface area (Å²) in [5.41, 5.74) is 0.719. The van der Waals surface area contributed by atoms with Crippen LogP contribution in [0.2, 0.25) is 5.02 Å². The molecule has 3 rings (SSSR count). The van der Waals surface area contributed by atoms with Gasteiger partial charge in [-0.1, -0.05) is 61.3 Å². The first-order valence-corrected chi connectivity index (χ1v) is 14.1. The van der Waals surface area contributed by atoms with Gasteiger partial charge in [0.05, 0.1) is 10.6 Å². The van der Waals surface area contributed by atoms with Gasteiger partial charge in [-0.2, -0.15) is 0 Å². The second-order valence-electron chi connectivity index (χ2n) is 8.73. The number of benzene rings is 3. The lowest BCUT2D eigenvalue weighted by atomic mass is 10.1. The summed E-state index contributed by atoms with van der Waals surface area (Å²) in [6, 6.07) is 18.5. The van der Waals surface area contributed by atoms with Crippen molar-refractivity contribution in [2.45, 2.75) is 44.2 Å². The molecule has 10 heteroatoms. The van der Waals surface area contributed by atoms with E-state index >= 15 is 0 Å². The van der Waals surface area contributed by atoms with Crippen molar-refractivity contribution >= 4 is 39.1 Å². The Morgan fingerprint density at radius 3 is 2.24 bits per heavy atom. The number of unbranched alkanes of at least 4 members (excludes halogenated alkanes) is 1. The Morgan fingerprint density at radius 2 is 1.61 bits per heavy atom. The molecular weight excluding hydrogens is 529 g/mol. The van der Waals surface area contributed by atoms with E-state index in [1.807, 2.05) is 6.92 Å². The van der Waals surface area contributed by atoms with Crippen LogP contribution in [0.25, 0.3) is 0 Å². The minimum absolute atomic E-state index is 0.0104. The molecule has 0 aliphatic carbocycles. The third-order valence-corrected chi connectivity index (χ3v) is 8.18. The molecule has 0 bridgehead atoms. The number of hydrogen-bond acceptors (Lipinski definition) is 4. The van der Waals surface area contributed by atoms with Gasteiger partial charge in [0.1, 0.15) is 18.4 Å². The lowest BCUT2D eigenvalue weighted by Crippen LogP contribution is -2.51. The van der Waals surface area contributed by atoms with E-state index in [2.05, 4.69) is 5.32 Å². The minimum Gasteiger partial charge on any atom is -0.354 e. The van der Waals surface area contributed by atoms with E-state index in [9.17, 15) is 22.4 Å². The van der Waals surface area contributed by atoms with Gasteiger partial charge in [0.15, 0.2) is 0 Å². The zero-order chi connectivity index (χ0) is 27.7. The molecule has 0 aliphatic rings. The number of rotatable bonds is 12. The second-order valence-corrected chi connectivity index (χ2v) is 11.0. The topological polar surface area (TPSA) is 86.8 Å². The van der Waals surface area contributed by atoms with Gasteiger partial charge in [-0.15, -0.1) is 0 Å². The Bertz CT molecular complexity index is 1340. The average Bonchev–Trinajstić information content (AvgIpc) is 2.92. The molecule has 202 valence electrons. The summed E-state index contributed by atoms with van der Waals surface area (Å²) < 4.78 is 41.8. The number of anilines is 1. The van der Waals surface area contributed by atoms with E-state index in [1.54, 1.807) is 49.4 Å². The Hall–Kier alpha value is -3.43. The molecule has 7 nitrogen and oxygen atoms in total. The molecule has 3 aromatic carbocycles. The van der Waals surface area contributed by atoms with Gasteiger partial charge in [-0.3, -0.25) is 13.9 Å². The smallest absolute Gasteiger partial charge is 0.264 e. The summed E-state index contributed by atoms with van der Waals surface area (Å²) >= 11 is 6.35. The fraction of sp³-hybridized carbons (Fsp3) is 0.286. The van der Waals surface area contributed by atoms with Crippen molar-refractivity contribution in [1.29, 1.82) is 0 Å². The number of hydrogen-bond donors (Lipinski definition) is 1. The Labute approximate surface area is 228 Å². The first-order chi connectivity index (χ1) is 18.1. The van der Waals surface area contributed by atoms with Crippen LogP contribution in [0, 0.1) is 5.82 Å².